The average molecular weight is 210 g/mol. The van der Waals surface area contributed by atoms with Crippen LogP contribution in [0.25, 0.3) is 0 Å². The molecule has 2 atom stereocenters. The Labute approximate surface area is 88.2 Å². The lowest BCUT2D eigenvalue weighted by Crippen LogP contribution is -2.46. The molecule has 1 spiro atoms. The van der Waals surface area contributed by atoms with Crippen LogP contribution in [0.2, 0.25) is 0 Å². The lowest BCUT2D eigenvalue weighted by atomic mass is 9.77. The van der Waals surface area contributed by atoms with E-state index in [1.807, 2.05) is 6.92 Å². The molecule has 1 aliphatic carbocycles. The van der Waals surface area contributed by atoms with Crippen molar-refractivity contribution in [3.63, 3.8) is 0 Å². The summed E-state index contributed by atoms with van der Waals surface area (Å²) in [7, 11) is 1.46. The molecular formula is C11H14O4. The summed E-state index contributed by atoms with van der Waals surface area (Å²) >= 11 is 0. The van der Waals surface area contributed by atoms with Crippen LogP contribution in [-0.2, 0) is 19.1 Å². The number of hydrogen-bond donors (Lipinski definition) is 0. The summed E-state index contributed by atoms with van der Waals surface area (Å²) in [6.07, 6.45) is 3.12. The standard InChI is InChI=1S/C11H14O4/c1-7-3-4-8(12)11(6-7)9(14-2)5-10(13)15-11/h5,7H,3-4,6H2,1-2H3/t7-,11-/m0/s1. The van der Waals surface area contributed by atoms with E-state index >= 15 is 0 Å². The van der Waals surface area contributed by atoms with Crippen molar-refractivity contribution >= 4 is 11.8 Å². The molecule has 0 N–H and O–H groups in total. The monoisotopic (exact) mass is 210 g/mol. The molecular weight excluding hydrogens is 196 g/mol. The molecule has 4 nitrogen and oxygen atoms in total. The van der Waals surface area contributed by atoms with Crippen LogP contribution < -0.4 is 0 Å². The van der Waals surface area contributed by atoms with Gasteiger partial charge in [0.25, 0.3) is 0 Å². The Morgan fingerprint density at radius 2 is 2.27 bits per heavy atom. The van der Waals surface area contributed by atoms with Gasteiger partial charge in [0.15, 0.2) is 11.5 Å². The predicted molar refractivity (Wildman–Crippen MR) is 51.9 cm³/mol. The smallest absolute Gasteiger partial charge is 0.335 e. The first-order valence-corrected chi connectivity index (χ1v) is 5.11. The molecule has 0 saturated heterocycles. The Hall–Kier alpha value is -1.32. The average Bonchev–Trinajstić information content (AvgIpc) is 2.50. The summed E-state index contributed by atoms with van der Waals surface area (Å²) in [6, 6.07) is 0. The molecule has 0 bridgehead atoms. The Morgan fingerprint density at radius 1 is 1.53 bits per heavy atom. The number of ketones is 1. The number of Topliss-reactive ketones (excluding diaryl/α,β-unsaturated/α-hetero) is 1. The van der Waals surface area contributed by atoms with Gasteiger partial charge < -0.3 is 9.47 Å². The molecule has 0 aromatic rings. The summed E-state index contributed by atoms with van der Waals surface area (Å²) in [5, 5.41) is 0. The van der Waals surface area contributed by atoms with Gasteiger partial charge in [0.1, 0.15) is 0 Å². The van der Waals surface area contributed by atoms with E-state index < -0.39 is 11.6 Å². The van der Waals surface area contributed by atoms with Crippen LogP contribution in [-0.4, -0.2) is 24.5 Å². The number of ether oxygens (including phenoxy) is 2. The van der Waals surface area contributed by atoms with E-state index in [2.05, 4.69) is 0 Å². The van der Waals surface area contributed by atoms with Crippen LogP contribution >= 0.6 is 0 Å². The highest BCUT2D eigenvalue weighted by molar-refractivity contribution is 5.99. The fourth-order valence-corrected chi connectivity index (χ4v) is 2.32. The third kappa shape index (κ3) is 1.44. The fraction of sp³-hybridized carbons (Fsp3) is 0.636. The van der Waals surface area contributed by atoms with Crippen LogP contribution in [0.15, 0.2) is 11.8 Å². The molecule has 82 valence electrons. The van der Waals surface area contributed by atoms with Crippen molar-refractivity contribution in [2.75, 3.05) is 7.11 Å². The molecule has 2 aliphatic rings. The molecule has 1 saturated carbocycles. The van der Waals surface area contributed by atoms with E-state index in [0.717, 1.165) is 6.42 Å². The zero-order valence-corrected chi connectivity index (χ0v) is 8.91. The molecule has 0 aromatic heterocycles. The lowest BCUT2D eigenvalue weighted by Gasteiger charge is -2.34. The van der Waals surface area contributed by atoms with E-state index in [9.17, 15) is 9.59 Å². The molecule has 0 aromatic carbocycles. The van der Waals surface area contributed by atoms with Gasteiger partial charge in [-0.1, -0.05) is 6.92 Å². The normalized spacial score (nSPS) is 35.3. The van der Waals surface area contributed by atoms with Crippen LogP contribution in [0.3, 0.4) is 0 Å². The summed E-state index contributed by atoms with van der Waals surface area (Å²) < 4.78 is 10.3. The Bertz CT molecular complexity index is 344. The zero-order valence-electron chi connectivity index (χ0n) is 8.91. The van der Waals surface area contributed by atoms with E-state index in [1.54, 1.807) is 0 Å². The van der Waals surface area contributed by atoms with Gasteiger partial charge in [0.2, 0.25) is 5.60 Å². The second-order valence-corrected chi connectivity index (χ2v) is 4.23. The minimum atomic E-state index is -1.11. The third-order valence-corrected chi connectivity index (χ3v) is 3.09. The van der Waals surface area contributed by atoms with Crippen molar-refractivity contribution in [1.82, 2.24) is 0 Å². The van der Waals surface area contributed by atoms with Crippen LogP contribution in [0.5, 0.6) is 0 Å². The molecule has 0 radical (unpaired) electrons. The molecule has 0 unspecified atom stereocenters. The predicted octanol–water partition coefficient (Wildman–Crippen LogP) is 1.20. The van der Waals surface area contributed by atoms with Gasteiger partial charge in [0, 0.05) is 12.8 Å². The van der Waals surface area contributed by atoms with Crippen molar-refractivity contribution in [1.29, 1.82) is 0 Å². The number of methoxy groups -OCH3 is 1. The van der Waals surface area contributed by atoms with Gasteiger partial charge >= 0.3 is 5.97 Å². The van der Waals surface area contributed by atoms with Crippen molar-refractivity contribution < 1.29 is 19.1 Å². The maximum Gasteiger partial charge on any atom is 0.335 e. The second-order valence-electron chi connectivity index (χ2n) is 4.23. The molecule has 1 aliphatic heterocycles. The highest BCUT2D eigenvalue weighted by Gasteiger charge is 2.53. The highest BCUT2D eigenvalue weighted by atomic mass is 16.6. The van der Waals surface area contributed by atoms with Crippen LogP contribution in [0.4, 0.5) is 0 Å². The maximum absolute atomic E-state index is 11.9. The van der Waals surface area contributed by atoms with Gasteiger partial charge in [0.05, 0.1) is 13.2 Å². The lowest BCUT2D eigenvalue weighted by molar-refractivity contribution is -0.162. The zero-order chi connectivity index (χ0) is 11.1. The molecule has 1 heterocycles. The van der Waals surface area contributed by atoms with E-state index in [1.165, 1.54) is 13.2 Å². The number of rotatable bonds is 1. The number of carbonyl (C=O) groups is 2. The van der Waals surface area contributed by atoms with Crippen LogP contribution in [0, 0.1) is 5.92 Å². The first-order valence-electron chi connectivity index (χ1n) is 5.11. The van der Waals surface area contributed by atoms with Crippen molar-refractivity contribution in [3.05, 3.63) is 11.8 Å². The quantitative estimate of drug-likeness (QED) is 0.610. The van der Waals surface area contributed by atoms with Crippen molar-refractivity contribution in [2.24, 2.45) is 5.92 Å². The molecule has 4 heteroatoms. The molecule has 1 fully saturated rings. The Balaban J connectivity index is 2.35. The summed E-state index contributed by atoms with van der Waals surface area (Å²) in [6.45, 7) is 2.05. The largest absolute Gasteiger partial charge is 0.496 e. The summed E-state index contributed by atoms with van der Waals surface area (Å²) in [5.74, 6) is 0.213. The topological polar surface area (TPSA) is 52.6 Å². The maximum atomic E-state index is 11.9. The first kappa shape index (κ1) is 10.2. The van der Waals surface area contributed by atoms with Crippen molar-refractivity contribution in [3.8, 4) is 0 Å². The van der Waals surface area contributed by atoms with Crippen LogP contribution in [0.1, 0.15) is 26.2 Å². The van der Waals surface area contributed by atoms with Gasteiger partial charge in [-0.25, -0.2) is 4.79 Å². The van der Waals surface area contributed by atoms with E-state index in [4.69, 9.17) is 9.47 Å². The second kappa shape index (κ2) is 3.36. The van der Waals surface area contributed by atoms with Gasteiger partial charge in [-0.3, -0.25) is 4.79 Å². The summed E-state index contributed by atoms with van der Waals surface area (Å²) in [4.78, 5) is 23.1. The fourth-order valence-electron chi connectivity index (χ4n) is 2.32. The number of hydrogen-bond acceptors (Lipinski definition) is 4. The Kier molecular flexibility index (Phi) is 2.29. The first-order chi connectivity index (χ1) is 7.08. The highest BCUT2D eigenvalue weighted by Crippen LogP contribution is 2.41. The van der Waals surface area contributed by atoms with Gasteiger partial charge in [-0.05, 0) is 12.3 Å². The SMILES string of the molecule is COC1=CC(=O)O[C@]12C[C@@H](C)CCC2=O. The van der Waals surface area contributed by atoms with Crippen molar-refractivity contribution in [2.45, 2.75) is 31.8 Å². The molecule has 0 amide bonds. The van der Waals surface area contributed by atoms with E-state index in [0.29, 0.717) is 24.5 Å². The van der Waals surface area contributed by atoms with E-state index in [-0.39, 0.29) is 5.78 Å². The minimum absolute atomic E-state index is 0.0421. The molecule has 15 heavy (non-hydrogen) atoms. The third-order valence-electron chi connectivity index (χ3n) is 3.09. The summed E-state index contributed by atoms with van der Waals surface area (Å²) in [5.41, 5.74) is -1.11. The molecule has 2 rings (SSSR count). The van der Waals surface area contributed by atoms with Gasteiger partial charge in [-0.15, -0.1) is 0 Å². The minimum Gasteiger partial charge on any atom is -0.496 e. The Morgan fingerprint density at radius 3 is 2.93 bits per heavy atom. The number of carbonyl (C=O) groups excluding carboxylic acids is 2. The van der Waals surface area contributed by atoms with Gasteiger partial charge in [-0.2, -0.15) is 0 Å². The number of esters is 1.